The smallest absolute Gasteiger partial charge is 0.358 e. The standard InChI is InChI=1S/C11H17N5O4/c1-4-7-8(10(18)19)14-15-16(7)6(3)9(17)13-11(20)12-5-2/h6H,4-5H2,1-3H3,(H,18,19)(H2,12,13,17,20). The Balaban J connectivity index is 2.92. The van der Waals surface area contributed by atoms with Crippen LogP contribution in [-0.2, 0) is 11.2 Å². The normalized spacial score (nSPS) is 11.8. The molecule has 3 N–H and O–H groups in total. The maximum atomic E-state index is 11.9. The number of nitrogens with one attached hydrogen (secondary N) is 2. The molecule has 0 saturated carbocycles. The topological polar surface area (TPSA) is 126 Å². The second-order valence-corrected chi connectivity index (χ2v) is 4.01. The highest BCUT2D eigenvalue weighted by Crippen LogP contribution is 2.13. The lowest BCUT2D eigenvalue weighted by Crippen LogP contribution is -2.42. The van der Waals surface area contributed by atoms with E-state index in [1.807, 2.05) is 0 Å². The number of rotatable bonds is 5. The molecule has 0 aliphatic rings. The minimum Gasteiger partial charge on any atom is -0.476 e. The third-order valence-corrected chi connectivity index (χ3v) is 2.65. The van der Waals surface area contributed by atoms with Crippen molar-refractivity contribution in [1.82, 2.24) is 25.6 Å². The van der Waals surface area contributed by atoms with Crippen molar-refractivity contribution in [1.29, 1.82) is 0 Å². The molecule has 9 heteroatoms. The summed E-state index contributed by atoms with van der Waals surface area (Å²) in [5.74, 6) is -1.79. The molecule has 0 fully saturated rings. The Bertz CT molecular complexity index is 525. The van der Waals surface area contributed by atoms with Crippen LogP contribution in [0.2, 0.25) is 0 Å². The Labute approximate surface area is 115 Å². The van der Waals surface area contributed by atoms with Gasteiger partial charge in [-0.05, 0) is 20.3 Å². The molecule has 0 radical (unpaired) electrons. The van der Waals surface area contributed by atoms with E-state index in [1.54, 1.807) is 13.8 Å². The molecule has 110 valence electrons. The monoisotopic (exact) mass is 283 g/mol. The van der Waals surface area contributed by atoms with Gasteiger partial charge in [0.25, 0.3) is 5.91 Å². The molecule has 0 aliphatic heterocycles. The van der Waals surface area contributed by atoms with Crippen LogP contribution in [0.3, 0.4) is 0 Å². The Hall–Kier alpha value is -2.45. The van der Waals surface area contributed by atoms with Crippen molar-refractivity contribution in [3.8, 4) is 0 Å². The molecule has 0 aliphatic carbocycles. The van der Waals surface area contributed by atoms with Gasteiger partial charge in [0.15, 0.2) is 5.69 Å². The summed E-state index contributed by atoms with van der Waals surface area (Å²) in [4.78, 5) is 34.1. The number of carboxylic acid groups (broad SMARTS) is 1. The number of amides is 3. The van der Waals surface area contributed by atoms with Gasteiger partial charge >= 0.3 is 12.0 Å². The molecular formula is C11H17N5O4. The van der Waals surface area contributed by atoms with Gasteiger partial charge in [-0.15, -0.1) is 5.10 Å². The number of carbonyl (C=O) groups is 3. The number of carboxylic acids is 1. The molecule has 1 atom stereocenters. The fourth-order valence-electron chi connectivity index (χ4n) is 1.65. The average molecular weight is 283 g/mol. The predicted octanol–water partition coefficient (Wildman–Crippen LogP) is -0.0546. The molecule has 1 heterocycles. The molecule has 9 nitrogen and oxygen atoms in total. The van der Waals surface area contributed by atoms with Gasteiger partial charge in [-0.2, -0.15) is 0 Å². The van der Waals surface area contributed by atoms with Gasteiger partial charge < -0.3 is 10.4 Å². The van der Waals surface area contributed by atoms with Gasteiger partial charge in [0.1, 0.15) is 6.04 Å². The van der Waals surface area contributed by atoms with Crippen molar-refractivity contribution >= 4 is 17.9 Å². The van der Waals surface area contributed by atoms with Crippen LogP contribution in [0, 0.1) is 0 Å². The first-order valence-electron chi connectivity index (χ1n) is 6.18. The first kappa shape index (κ1) is 15.6. The summed E-state index contributed by atoms with van der Waals surface area (Å²) in [6, 6.07) is -1.45. The Morgan fingerprint density at radius 1 is 1.35 bits per heavy atom. The van der Waals surface area contributed by atoms with Crippen molar-refractivity contribution in [2.75, 3.05) is 6.54 Å². The molecule has 20 heavy (non-hydrogen) atoms. The summed E-state index contributed by atoms with van der Waals surface area (Å²) in [5, 5.41) is 20.7. The van der Waals surface area contributed by atoms with Crippen LogP contribution >= 0.6 is 0 Å². The number of hydrogen-bond donors (Lipinski definition) is 3. The number of aromatic nitrogens is 3. The van der Waals surface area contributed by atoms with E-state index in [1.165, 1.54) is 11.6 Å². The number of nitrogens with zero attached hydrogens (tertiary/aromatic N) is 3. The molecule has 1 aromatic rings. The second kappa shape index (κ2) is 6.64. The van der Waals surface area contributed by atoms with Crippen LogP contribution in [-0.4, -0.2) is 44.6 Å². The number of imide groups is 1. The molecule has 0 spiro atoms. The summed E-state index contributed by atoms with van der Waals surface area (Å²) in [6.07, 6.45) is 0.355. The highest BCUT2D eigenvalue weighted by molar-refractivity contribution is 5.96. The molecule has 0 bridgehead atoms. The van der Waals surface area contributed by atoms with Gasteiger partial charge in [-0.25, -0.2) is 14.3 Å². The molecule has 1 aromatic heterocycles. The highest BCUT2D eigenvalue weighted by atomic mass is 16.4. The van der Waals surface area contributed by atoms with E-state index in [4.69, 9.17) is 5.11 Å². The first-order chi connectivity index (χ1) is 9.42. The van der Waals surface area contributed by atoms with Gasteiger partial charge in [-0.3, -0.25) is 10.1 Å². The van der Waals surface area contributed by atoms with E-state index >= 15 is 0 Å². The van der Waals surface area contributed by atoms with Crippen molar-refractivity contribution in [3.63, 3.8) is 0 Å². The highest BCUT2D eigenvalue weighted by Gasteiger charge is 2.25. The molecule has 1 rings (SSSR count). The van der Waals surface area contributed by atoms with Gasteiger partial charge in [0, 0.05) is 6.54 Å². The lowest BCUT2D eigenvalue weighted by Gasteiger charge is -2.13. The van der Waals surface area contributed by atoms with E-state index in [2.05, 4.69) is 20.9 Å². The maximum Gasteiger partial charge on any atom is 0.358 e. The first-order valence-corrected chi connectivity index (χ1v) is 6.18. The average Bonchev–Trinajstić information content (AvgIpc) is 2.81. The SMILES string of the molecule is CCNC(=O)NC(=O)C(C)n1nnc(C(=O)O)c1CC. The maximum absolute atomic E-state index is 11.9. The number of carbonyl (C=O) groups excluding carboxylic acids is 2. The van der Waals surface area contributed by atoms with Crippen molar-refractivity contribution in [2.24, 2.45) is 0 Å². The Morgan fingerprint density at radius 2 is 2.00 bits per heavy atom. The summed E-state index contributed by atoms with van der Waals surface area (Å²) < 4.78 is 1.21. The van der Waals surface area contributed by atoms with Gasteiger partial charge in [0.05, 0.1) is 5.69 Å². The lowest BCUT2D eigenvalue weighted by molar-refractivity contribution is -0.123. The fraction of sp³-hybridized carbons (Fsp3) is 0.545. The summed E-state index contributed by atoms with van der Waals surface area (Å²) >= 11 is 0. The molecule has 1 unspecified atom stereocenters. The van der Waals surface area contributed by atoms with E-state index in [0.29, 0.717) is 18.7 Å². The zero-order valence-electron chi connectivity index (χ0n) is 11.5. The van der Waals surface area contributed by atoms with E-state index in [0.717, 1.165) is 0 Å². The zero-order chi connectivity index (χ0) is 15.3. The third-order valence-electron chi connectivity index (χ3n) is 2.65. The fourth-order valence-corrected chi connectivity index (χ4v) is 1.65. The summed E-state index contributed by atoms with van der Waals surface area (Å²) in [6.45, 7) is 5.35. The van der Waals surface area contributed by atoms with E-state index < -0.39 is 23.9 Å². The largest absolute Gasteiger partial charge is 0.476 e. The molecular weight excluding hydrogens is 266 g/mol. The summed E-state index contributed by atoms with van der Waals surface area (Å²) in [7, 11) is 0. The van der Waals surface area contributed by atoms with Crippen LogP contribution in [0.5, 0.6) is 0 Å². The van der Waals surface area contributed by atoms with Crippen LogP contribution in [0.4, 0.5) is 4.79 Å². The lowest BCUT2D eigenvalue weighted by atomic mass is 10.2. The Kier molecular flexibility index (Phi) is 5.18. The van der Waals surface area contributed by atoms with Crippen molar-refractivity contribution in [3.05, 3.63) is 11.4 Å². The molecule has 0 saturated heterocycles. The quantitative estimate of drug-likeness (QED) is 0.695. The predicted molar refractivity (Wildman–Crippen MR) is 68.3 cm³/mol. The van der Waals surface area contributed by atoms with Crippen LogP contribution in [0.1, 0.15) is 43.0 Å². The van der Waals surface area contributed by atoms with Gasteiger partial charge in [-0.1, -0.05) is 12.1 Å². The minimum absolute atomic E-state index is 0.190. The number of aromatic carboxylic acids is 1. The zero-order valence-corrected chi connectivity index (χ0v) is 11.5. The number of hydrogen-bond acceptors (Lipinski definition) is 5. The number of urea groups is 1. The van der Waals surface area contributed by atoms with Gasteiger partial charge in [0.2, 0.25) is 0 Å². The third kappa shape index (κ3) is 3.31. The van der Waals surface area contributed by atoms with E-state index in [-0.39, 0.29) is 5.69 Å². The molecule has 0 aromatic carbocycles. The van der Waals surface area contributed by atoms with Crippen LogP contribution < -0.4 is 10.6 Å². The van der Waals surface area contributed by atoms with Crippen LogP contribution in [0.25, 0.3) is 0 Å². The Morgan fingerprint density at radius 3 is 2.50 bits per heavy atom. The van der Waals surface area contributed by atoms with Crippen molar-refractivity contribution < 1.29 is 19.5 Å². The molecule has 3 amide bonds. The van der Waals surface area contributed by atoms with E-state index in [9.17, 15) is 14.4 Å². The second-order valence-electron chi connectivity index (χ2n) is 4.01. The van der Waals surface area contributed by atoms with Crippen LogP contribution in [0.15, 0.2) is 0 Å². The minimum atomic E-state index is -1.20. The van der Waals surface area contributed by atoms with Crippen molar-refractivity contribution in [2.45, 2.75) is 33.2 Å². The summed E-state index contributed by atoms with van der Waals surface area (Å²) in [5.41, 5.74) is 0.140.